The van der Waals surface area contributed by atoms with Crippen LogP contribution in [0.1, 0.15) is 27.9 Å². The number of nitrogens with one attached hydrogen (secondary N) is 3. The summed E-state index contributed by atoms with van der Waals surface area (Å²) in [7, 11) is 1.25. The highest BCUT2D eigenvalue weighted by Crippen LogP contribution is 2.38. The molecule has 1 unspecified atom stereocenters. The molecule has 0 bridgehead atoms. The molecule has 38 heavy (non-hydrogen) atoms. The smallest absolute Gasteiger partial charge is 0.418 e. The van der Waals surface area contributed by atoms with Crippen LogP contribution in [-0.2, 0) is 22.3 Å². The standard InChI is InChI=1S/C25H23F4N5O4/c1-37-18-4-5-21(19(9-18)25(27,28)29)33-17-3-2-15(20(26)8-17)12-32-23(36)24(6-7-38-13-24)34-22(35)16-10-30-14-31-11-16/h2-5,8-11,14,33H,6-7,12-13H2,1H3,(H,32,36)(H,34,35). The number of hydrogen-bond acceptors (Lipinski definition) is 7. The second kappa shape index (κ2) is 11.0. The fraction of sp³-hybridized carbons (Fsp3) is 0.280. The molecule has 0 radical (unpaired) electrons. The molecule has 4 rings (SSSR count). The number of carbonyl (C=O) groups excluding carboxylic acids is 2. The third kappa shape index (κ3) is 5.99. The van der Waals surface area contributed by atoms with Gasteiger partial charge in [0.15, 0.2) is 0 Å². The van der Waals surface area contributed by atoms with Crippen LogP contribution in [0.4, 0.5) is 28.9 Å². The minimum Gasteiger partial charge on any atom is -0.497 e. The van der Waals surface area contributed by atoms with Crippen LogP contribution in [0.2, 0.25) is 0 Å². The number of nitrogens with zero attached hydrogens (tertiary/aromatic N) is 2. The van der Waals surface area contributed by atoms with Crippen molar-refractivity contribution in [2.75, 3.05) is 25.6 Å². The van der Waals surface area contributed by atoms with E-state index < -0.39 is 34.9 Å². The highest BCUT2D eigenvalue weighted by molar-refractivity contribution is 5.99. The van der Waals surface area contributed by atoms with Crippen molar-refractivity contribution in [3.05, 3.63) is 77.6 Å². The Balaban J connectivity index is 1.44. The third-order valence-corrected chi connectivity index (χ3v) is 5.94. The molecule has 2 heterocycles. The second-order valence-corrected chi connectivity index (χ2v) is 8.49. The number of amides is 2. The summed E-state index contributed by atoms with van der Waals surface area (Å²) in [6.07, 6.45) is -0.592. The van der Waals surface area contributed by atoms with Gasteiger partial charge in [-0.15, -0.1) is 0 Å². The first-order valence-electron chi connectivity index (χ1n) is 11.4. The Morgan fingerprint density at radius 3 is 2.53 bits per heavy atom. The molecule has 200 valence electrons. The van der Waals surface area contributed by atoms with Crippen LogP contribution in [0.15, 0.2) is 55.1 Å². The van der Waals surface area contributed by atoms with Crippen LogP contribution in [0.5, 0.6) is 5.75 Å². The molecule has 1 aliphatic heterocycles. The van der Waals surface area contributed by atoms with E-state index in [-0.39, 0.29) is 54.4 Å². The van der Waals surface area contributed by atoms with Crippen molar-refractivity contribution in [3.8, 4) is 5.75 Å². The lowest BCUT2D eigenvalue weighted by Gasteiger charge is -2.27. The first-order valence-corrected chi connectivity index (χ1v) is 11.4. The number of halogens is 4. The van der Waals surface area contributed by atoms with Gasteiger partial charge in [-0.1, -0.05) is 6.07 Å². The third-order valence-electron chi connectivity index (χ3n) is 5.94. The summed E-state index contributed by atoms with van der Waals surface area (Å²) in [5.74, 6) is -1.86. The van der Waals surface area contributed by atoms with Crippen LogP contribution < -0.4 is 20.7 Å². The number of hydrogen-bond donors (Lipinski definition) is 3. The number of ether oxygens (including phenoxy) is 2. The SMILES string of the molecule is COc1ccc(Nc2ccc(CNC(=O)C3(NC(=O)c4cncnc4)CCOC3)c(F)c2)c(C(F)(F)F)c1. The highest BCUT2D eigenvalue weighted by atomic mass is 19.4. The number of benzene rings is 2. The zero-order chi connectivity index (χ0) is 27.3. The van der Waals surface area contributed by atoms with Crippen LogP contribution in [0, 0.1) is 5.82 Å². The van der Waals surface area contributed by atoms with E-state index in [4.69, 9.17) is 9.47 Å². The van der Waals surface area contributed by atoms with Crippen LogP contribution in [0.25, 0.3) is 0 Å². The summed E-state index contributed by atoms with van der Waals surface area (Å²) in [5.41, 5.74) is -2.29. The molecular formula is C25H23F4N5O4. The van der Waals surface area contributed by atoms with Crippen molar-refractivity contribution in [2.24, 2.45) is 0 Å². The first-order chi connectivity index (χ1) is 18.1. The van der Waals surface area contributed by atoms with Gasteiger partial charge in [0, 0.05) is 43.2 Å². The van der Waals surface area contributed by atoms with Crippen LogP contribution >= 0.6 is 0 Å². The Morgan fingerprint density at radius 2 is 1.89 bits per heavy atom. The fourth-order valence-corrected chi connectivity index (χ4v) is 3.87. The summed E-state index contributed by atoms with van der Waals surface area (Å²) >= 11 is 0. The molecule has 2 aromatic carbocycles. The summed E-state index contributed by atoms with van der Waals surface area (Å²) in [6.45, 7) is -0.0701. The average Bonchev–Trinajstić information content (AvgIpc) is 3.38. The van der Waals surface area contributed by atoms with E-state index in [1.54, 1.807) is 0 Å². The predicted octanol–water partition coefficient (Wildman–Crippen LogP) is 3.59. The summed E-state index contributed by atoms with van der Waals surface area (Å²) < 4.78 is 65.4. The minimum absolute atomic E-state index is 0.0267. The van der Waals surface area contributed by atoms with Crippen molar-refractivity contribution >= 4 is 23.2 Å². The molecule has 3 aromatic rings. The summed E-state index contributed by atoms with van der Waals surface area (Å²) in [4.78, 5) is 33.2. The number of methoxy groups -OCH3 is 1. The van der Waals surface area contributed by atoms with Gasteiger partial charge >= 0.3 is 6.18 Å². The van der Waals surface area contributed by atoms with E-state index in [2.05, 4.69) is 25.9 Å². The molecule has 1 fully saturated rings. The maximum atomic E-state index is 14.8. The van der Waals surface area contributed by atoms with E-state index in [1.807, 2.05) is 0 Å². The fourth-order valence-electron chi connectivity index (χ4n) is 3.87. The molecule has 9 nitrogen and oxygen atoms in total. The van der Waals surface area contributed by atoms with Crippen LogP contribution in [-0.4, -0.2) is 47.6 Å². The van der Waals surface area contributed by atoms with Crippen LogP contribution in [0.3, 0.4) is 0 Å². The molecule has 0 aliphatic carbocycles. The number of rotatable bonds is 8. The predicted molar refractivity (Wildman–Crippen MR) is 127 cm³/mol. The Labute approximate surface area is 214 Å². The van der Waals surface area contributed by atoms with E-state index >= 15 is 0 Å². The molecule has 1 aromatic heterocycles. The largest absolute Gasteiger partial charge is 0.497 e. The van der Waals surface area contributed by atoms with Gasteiger partial charge in [-0.3, -0.25) is 9.59 Å². The van der Waals surface area contributed by atoms with Gasteiger partial charge in [-0.25, -0.2) is 14.4 Å². The summed E-state index contributed by atoms with van der Waals surface area (Å²) in [5, 5.41) is 7.84. The molecule has 0 spiro atoms. The van der Waals surface area contributed by atoms with Gasteiger partial charge in [0.1, 0.15) is 23.4 Å². The molecular weight excluding hydrogens is 510 g/mol. The lowest BCUT2D eigenvalue weighted by Crippen LogP contribution is -2.59. The topological polar surface area (TPSA) is 114 Å². The van der Waals surface area contributed by atoms with Gasteiger partial charge < -0.3 is 25.4 Å². The second-order valence-electron chi connectivity index (χ2n) is 8.49. The molecule has 1 aliphatic rings. The van der Waals surface area contributed by atoms with E-state index in [0.717, 1.165) is 12.1 Å². The van der Waals surface area contributed by atoms with Gasteiger partial charge in [-0.05, 0) is 30.3 Å². The normalized spacial score (nSPS) is 17.1. The monoisotopic (exact) mass is 533 g/mol. The lowest BCUT2D eigenvalue weighted by molar-refractivity contribution is -0.137. The zero-order valence-corrected chi connectivity index (χ0v) is 20.1. The molecule has 3 N–H and O–H groups in total. The van der Waals surface area contributed by atoms with Gasteiger partial charge in [0.05, 0.1) is 30.5 Å². The quantitative estimate of drug-likeness (QED) is 0.379. The Hall–Kier alpha value is -4.26. The van der Waals surface area contributed by atoms with Gasteiger partial charge in [-0.2, -0.15) is 13.2 Å². The Morgan fingerprint density at radius 1 is 1.13 bits per heavy atom. The first kappa shape index (κ1) is 26.8. The van der Waals surface area contributed by atoms with E-state index in [1.165, 1.54) is 50.1 Å². The average molecular weight is 533 g/mol. The number of carbonyl (C=O) groups is 2. The van der Waals surface area contributed by atoms with Crippen molar-refractivity contribution in [1.29, 1.82) is 0 Å². The minimum atomic E-state index is -4.66. The van der Waals surface area contributed by atoms with Gasteiger partial charge in [0.2, 0.25) is 5.91 Å². The molecule has 1 atom stereocenters. The lowest BCUT2D eigenvalue weighted by atomic mass is 9.96. The summed E-state index contributed by atoms with van der Waals surface area (Å²) in [6, 6.07) is 7.13. The maximum Gasteiger partial charge on any atom is 0.418 e. The molecule has 13 heteroatoms. The molecule has 0 saturated carbocycles. The van der Waals surface area contributed by atoms with Gasteiger partial charge in [0.25, 0.3) is 5.91 Å². The van der Waals surface area contributed by atoms with Crippen molar-refractivity contribution < 1.29 is 36.6 Å². The van der Waals surface area contributed by atoms with E-state index in [9.17, 15) is 27.2 Å². The number of aromatic nitrogens is 2. The van der Waals surface area contributed by atoms with Crippen molar-refractivity contribution in [1.82, 2.24) is 20.6 Å². The Bertz CT molecular complexity index is 1310. The number of alkyl halides is 3. The highest BCUT2D eigenvalue weighted by Gasteiger charge is 2.44. The zero-order valence-electron chi connectivity index (χ0n) is 20.1. The maximum absolute atomic E-state index is 14.8. The van der Waals surface area contributed by atoms with Crippen molar-refractivity contribution in [3.63, 3.8) is 0 Å². The van der Waals surface area contributed by atoms with E-state index in [0.29, 0.717) is 0 Å². The molecule has 2 amide bonds. The molecule has 1 saturated heterocycles. The number of anilines is 2. The van der Waals surface area contributed by atoms with Crippen molar-refractivity contribution in [2.45, 2.75) is 24.7 Å². The Kier molecular flexibility index (Phi) is 7.76.